The number of hydrogen-bond acceptors (Lipinski definition) is 5. The zero-order chi connectivity index (χ0) is 27.4. The first-order valence-electron chi connectivity index (χ1n) is 13.2. The number of piperidine rings is 1. The number of carbonyl (C=O) groups is 1. The third-order valence-corrected chi connectivity index (χ3v) is 8.36. The van der Waals surface area contributed by atoms with E-state index in [4.69, 9.17) is 11.6 Å². The van der Waals surface area contributed by atoms with Crippen molar-refractivity contribution in [2.24, 2.45) is 0 Å². The first-order valence-corrected chi connectivity index (χ1v) is 14.4. The first-order chi connectivity index (χ1) is 18.9. The Labute approximate surface area is 242 Å². The monoisotopic (exact) mass is 619 g/mol. The number of nitrogens with zero attached hydrogens (tertiary/aromatic N) is 4. The van der Waals surface area contributed by atoms with Crippen LogP contribution < -0.4 is 10.2 Å². The molecule has 0 atom stereocenters. The molecule has 2 saturated heterocycles. The van der Waals surface area contributed by atoms with Crippen LogP contribution in [0.1, 0.15) is 35.8 Å². The summed E-state index contributed by atoms with van der Waals surface area (Å²) >= 11 is 9.60. The molecule has 1 aromatic heterocycles. The molecule has 0 unspecified atom stereocenters. The van der Waals surface area contributed by atoms with E-state index in [0.717, 1.165) is 73.3 Å². The van der Waals surface area contributed by atoms with Crippen molar-refractivity contribution in [3.05, 3.63) is 92.5 Å². The van der Waals surface area contributed by atoms with Crippen LogP contribution in [0.3, 0.4) is 0 Å². The van der Waals surface area contributed by atoms with Crippen molar-refractivity contribution in [1.82, 2.24) is 20.1 Å². The highest BCUT2D eigenvalue weighted by molar-refractivity contribution is 9.10. The Bertz CT molecular complexity index is 1300. The fourth-order valence-corrected chi connectivity index (χ4v) is 6.04. The summed E-state index contributed by atoms with van der Waals surface area (Å²) < 4.78 is 27.3. The molecule has 2 fully saturated rings. The molecule has 3 aromatic rings. The van der Waals surface area contributed by atoms with Crippen LogP contribution in [0.4, 0.5) is 14.6 Å². The lowest BCUT2D eigenvalue weighted by molar-refractivity contribution is 0.0950. The highest BCUT2D eigenvalue weighted by Gasteiger charge is 2.28. The number of benzene rings is 2. The van der Waals surface area contributed by atoms with E-state index in [2.05, 4.69) is 53.1 Å². The highest BCUT2D eigenvalue weighted by atomic mass is 79.9. The van der Waals surface area contributed by atoms with Gasteiger partial charge in [0.05, 0.1) is 10.0 Å². The van der Waals surface area contributed by atoms with Crippen molar-refractivity contribution in [1.29, 1.82) is 0 Å². The van der Waals surface area contributed by atoms with Crippen LogP contribution in [0, 0.1) is 11.6 Å². The Balaban J connectivity index is 0.00000370. The summed E-state index contributed by atoms with van der Waals surface area (Å²) in [5, 5.41) is 3.51. The smallest absolute Gasteiger partial charge is 0.253 e. The van der Waals surface area contributed by atoms with E-state index in [0.29, 0.717) is 17.2 Å². The number of likely N-dealkylation sites (tertiary alicyclic amines) is 1. The van der Waals surface area contributed by atoms with Gasteiger partial charge in [-0.25, -0.2) is 13.8 Å². The molecule has 10 heteroatoms. The quantitative estimate of drug-likeness (QED) is 0.365. The van der Waals surface area contributed by atoms with Crippen LogP contribution in [-0.2, 0) is 13.1 Å². The number of amides is 1. The van der Waals surface area contributed by atoms with E-state index in [1.807, 2.05) is 12.1 Å². The van der Waals surface area contributed by atoms with E-state index in [1.165, 1.54) is 24.5 Å². The fraction of sp³-hybridized carbons (Fsp3) is 0.379. The fourth-order valence-electron chi connectivity index (χ4n) is 5.31. The molecular weight excluding hydrogens is 588 g/mol. The van der Waals surface area contributed by atoms with Crippen molar-refractivity contribution in [2.75, 3.05) is 44.2 Å². The maximum Gasteiger partial charge on any atom is 0.253 e. The van der Waals surface area contributed by atoms with Crippen molar-refractivity contribution in [3.8, 4) is 0 Å². The summed E-state index contributed by atoms with van der Waals surface area (Å²) in [4.78, 5) is 24.5. The molecule has 39 heavy (non-hydrogen) atoms. The minimum atomic E-state index is -0.935. The van der Waals surface area contributed by atoms with Gasteiger partial charge in [0.25, 0.3) is 5.91 Å². The number of aromatic nitrogens is 1. The average molecular weight is 621 g/mol. The van der Waals surface area contributed by atoms with E-state index < -0.39 is 11.6 Å². The van der Waals surface area contributed by atoms with Gasteiger partial charge in [-0.15, -0.1) is 0 Å². The van der Waals surface area contributed by atoms with Crippen LogP contribution in [0.2, 0.25) is 5.02 Å². The van der Waals surface area contributed by atoms with Crippen LogP contribution in [0.15, 0.2) is 59.2 Å². The molecule has 0 saturated carbocycles. The van der Waals surface area contributed by atoms with Crippen LogP contribution in [0.5, 0.6) is 0 Å². The van der Waals surface area contributed by atoms with Gasteiger partial charge in [0.2, 0.25) is 0 Å². The predicted octanol–water partition coefficient (Wildman–Crippen LogP) is 5.74. The second-order valence-corrected chi connectivity index (χ2v) is 11.4. The predicted molar refractivity (Wildman–Crippen MR) is 155 cm³/mol. The second kappa shape index (κ2) is 12.7. The molecule has 1 amide bonds. The van der Waals surface area contributed by atoms with Crippen LogP contribution >= 0.6 is 27.5 Å². The SMILES string of the molecule is O=C(NCc1ccc(F)c(F)c1)c1cnc(N2CCN(C3CCN(Cc4ccc(Cl)cc4)CC3)CC2)c(Br)c1.[HH]. The Morgan fingerprint density at radius 2 is 1.67 bits per heavy atom. The number of rotatable bonds is 7. The lowest BCUT2D eigenvalue weighted by Crippen LogP contribution is -2.53. The van der Waals surface area contributed by atoms with Crippen molar-refractivity contribution in [2.45, 2.75) is 32.0 Å². The van der Waals surface area contributed by atoms with Gasteiger partial charge < -0.3 is 10.2 Å². The first kappa shape index (κ1) is 28.0. The number of hydrogen-bond donors (Lipinski definition) is 1. The number of piperazine rings is 1. The topological polar surface area (TPSA) is 51.7 Å². The summed E-state index contributed by atoms with van der Waals surface area (Å²) in [5.74, 6) is -1.35. The molecule has 0 aliphatic carbocycles. The van der Waals surface area contributed by atoms with Crippen LogP contribution in [-0.4, -0.2) is 66.0 Å². The van der Waals surface area contributed by atoms with E-state index >= 15 is 0 Å². The van der Waals surface area contributed by atoms with Gasteiger partial charge in [-0.3, -0.25) is 14.6 Å². The number of carbonyl (C=O) groups excluding carboxylic acids is 1. The number of pyridine rings is 1. The van der Waals surface area contributed by atoms with Gasteiger partial charge in [-0.1, -0.05) is 29.8 Å². The molecular formula is C29H33BrClF2N5O. The van der Waals surface area contributed by atoms with E-state index in [9.17, 15) is 13.6 Å². The molecule has 2 aliphatic heterocycles. The maximum atomic E-state index is 13.4. The third kappa shape index (κ3) is 7.14. The minimum Gasteiger partial charge on any atom is -0.353 e. The zero-order valence-corrected chi connectivity index (χ0v) is 23.9. The number of nitrogens with one attached hydrogen (secondary N) is 1. The summed E-state index contributed by atoms with van der Waals surface area (Å²) in [6.07, 6.45) is 3.90. The van der Waals surface area contributed by atoms with E-state index in [1.54, 1.807) is 12.3 Å². The standard InChI is InChI=1S/C29H31BrClF2N5O.H2/c30-25-16-22(29(39)35-17-21-3-6-26(32)27(33)15-21)18-34-28(25)38-13-11-37(12-14-38)24-7-9-36(10-8-24)19-20-1-4-23(31)5-2-20;/h1-6,15-16,18,24H,7-14,17,19H2,(H,35,39);1H. The molecule has 0 radical (unpaired) electrons. The van der Waals surface area contributed by atoms with Gasteiger partial charge in [-0.05, 0) is 83.3 Å². The maximum absolute atomic E-state index is 13.4. The van der Waals surface area contributed by atoms with Gasteiger partial charge in [0.1, 0.15) is 5.82 Å². The lowest BCUT2D eigenvalue weighted by Gasteiger charge is -2.43. The lowest BCUT2D eigenvalue weighted by atomic mass is 10.0. The molecule has 6 nitrogen and oxygen atoms in total. The highest BCUT2D eigenvalue weighted by Crippen LogP contribution is 2.27. The Morgan fingerprint density at radius 1 is 0.974 bits per heavy atom. The Hall–Kier alpha value is -2.59. The van der Waals surface area contributed by atoms with Crippen LogP contribution in [0.25, 0.3) is 0 Å². The van der Waals surface area contributed by atoms with Crippen molar-refractivity contribution < 1.29 is 15.0 Å². The zero-order valence-electron chi connectivity index (χ0n) is 21.6. The summed E-state index contributed by atoms with van der Waals surface area (Å²) in [5.41, 5.74) is 2.18. The molecule has 208 valence electrons. The molecule has 0 bridgehead atoms. The minimum absolute atomic E-state index is 0. The van der Waals surface area contributed by atoms with Crippen molar-refractivity contribution in [3.63, 3.8) is 0 Å². The molecule has 0 spiro atoms. The number of anilines is 1. The van der Waals surface area contributed by atoms with Crippen molar-refractivity contribution >= 4 is 39.3 Å². The van der Waals surface area contributed by atoms with Gasteiger partial charge in [0.15, 0.2) is 11.6 Å². The summed E-state index contributed by atoms with van der Waals surface area (Å²) in [6, 6.07) is 14.1. The second-order valence-electron chi connectivity index (χ2n) is 10.1. The molecule has 5 rings (SSSR count). The van der Waals surface area contributed by atoms with Gasteiger partial charge in [0, 0.05) is 58.0 Å². The molecule has 2 aromatic carbocycles. The number of halogens is 4. The summed E-state index contributed by atoms with van der Waals surface area (Å²) in [7, 11) is 0. The van der Waals surface area contributed by atoms with E-state index in [-0.39, 0.29) is 13.9 Å². The average Bonchev–Trinajstić information content (AvgIpc) is 2.95. The molecule has 3 heterocycles. The normalized spacial score (nSPS) is 17.4. The Kier molecular flexibility index (Phi) is 9.12. The summed E-state index contributed by atoms with van der Waals surface area (Å²) in [6.45, 7) is 6.96. The largest absolute Gasteiger partial charge is 0.353 e. The van der Waals surface area contributed by atoms with Gasteiger partial charge in [-0.2, -0.15) is 0 Å². The molecule has 2 aliphatic rings. The Morgan fingerprint density at radius 3 is 2.33 bits per heavy atom. The third-order valence-electron chi connectivity index (χ3n) is 7.53. The van der Waals surface area contributed by atoms with Gasteiger partial charge >= 0.3 is 0 Å². The molecule has 1 N–H and O–H groups in total.